The van der Waals surface area contributed by atoms with Crippen molar-refractivity contribution >= 4 is 29.9 Å². The molecule has 0 aliphatic carbocycles. The molecule has 120 valence electrons. The van der Waals surface area contributed by atoms with Crippen molar-refractivity contribution in [2.75, 3.05) is 33.9 Å². The minimum atomic E-state index is 0. The lowest BCUT2D eigenvalue weighted by atomic mass is 9.96. The molecule has 0 unspecified atom stereocenters. The Bertz CT molecular complexity index is 403. The third-order valence-corrected chi connectivity index (χ3v) is 3.79. The van der Waals surface area contributed by atoms with Crippen LogP contribution in [0, 0.1) is 5.92 Å². The van der Waals surface area contributed by atoms with Gasteiger partial charge in [0.1, 0.15) is 5.76 Å². The van der Waals surface area contributed by atoms with Crippen LogP contribution in [0.1, 0.15) is 25.0 Å². The van der Waals surface area contributed by atoms with Gasteiger partial charge in [0, 0.05) is 33.9 Å². The van der Waals surface area contributed by atoms with E-state index in [0.29, 0.717) is 6.54 Å². The van der Waals surface area contributed by atoms with E-state index in [1.165, 1.54) is 19.3 Å². The summed E-state index contributed by atoms with van der Waals surface area (Å²) >= 11 is 0. The van der Waals surface area contributed by atoms with Gasteiger partial charge in [0.25, 0.3) is 0 Å². The average Bonchev–Trinajstić information content (AvgIpc) is 3.00. The fraction of sp³-hybridized carbons (Fsp3) is 0.667. The molecule has 1 aliphatic heterocycles. The van der Waals surface area contributed by atoms with Crippen molar-refractivity contribution in [1.29, 1.82) is 0 Å². The van der Waals surface area contributed by atoms with Gasteiger partial charge >= 0.3 is 0 Å². The molecular weight excluding hydrogens is 381 g/mol. The number of nitrogens with one attached hydrogen (secondary N) is 1. The molecule has 0 spiro atoms. The Morgan fingerprint density at radius 1 is 1.43 bits per heavy atom. The molecule has 2 rings (SSSR count). The highest BCUT2D eigenvalue weighted by Crippen LogP contribution is 2.18. The van der Waals surface area contributed by atoms with Gasteiger partial charge in [-0.15, -0.1) is 24.0 Å². The first-order chi connectivity index (χ1) is 9.79. The predicted molar refractivity (Wildman–Crippen MR) is 95.1 cm³/mol. The molecule has 1 aromatic rings. The van der Waals surface area contributed by atoms with Crippen LogP contribution < -0.4 is 5.32 Å². The summed E-state index contributed by atoms with van der Waals surface area (Å²) in [5.41, 5.74) is 0. The van der Waals surface area contributed by atoms with Crippen molar-refractivity contribution in [1.82, 2.24) is 10.2 Å². The summed E-state index contributed by atoms with van der Waals surface area (Å²) < 4.78 is 10.7. The number of nitrogens with zero attached hydrogens (tertiary/aromatic N) is 2. The highest BCUT2D eigenvalue weighted by molar-refractivity contribution is 14.0. The molecule has 0 atom stereocenters. The second-order valence-corrected chi connectivity index (χ2v) is 5.25. The Morgan fingerprint density at radius 3 is 2.81 bits per heavy atom. The van der Waals surface area contributed by atoms with Gasteiger partial charge in [-0.1, -0.05) is 0 Å². The van der Waals surface area contributed by atoms with Gasteiger partial charge in [-0.3, -0.25) is 4.99 Å². The lowest BCUT2D eigenvalue weighted by Gasteiger charge is -2.26. The van der Waals surface area contributed by atoms with Gasteiger partial charge in [0.05, 0.1) is 12.8 Å². The lowest BCUT2D eigenvalue weighted by molar-refractivity contribution is 0.0625. The maximum Gasteiger partial charge on any atom is 0.193 e. The molecule has 0 amide bonds. The molecule has 0 saturated carbocycles. The molecule has 0 bridgehead atoms. The summed E-state index contributed by atoms with van der Waals surface area (Å²) in [6.07, 6.45) is 5.26. The molecule has 21 heavy (non-hydrogen) atoms. The molecule has 1 aliphatic rings. The zero-order valence-corrected chi connectivity index (χ0v) is 15.2. The SMILES string of the molecule is CN=C(NCc1ccco1)N(C)CCC1CCOCC1.I. The molecule has 0 radical (unpaired) electrons. The topological polar surface area (TPSA) is 50.0 Å². The van der Waals surface area contributed by atoms with E-state index < -0.39 is 0 Å². The highest BCUT2D eigenvalue weighted by Gasteiger charge is 2.15. The van der Waals surface area contributed by atoms with Crippen LogP contribution in [0.3, 0.4) is 0 Å². The highest BCUT2D eigenvalue weighted by atomic mass is 127. The summed E-state index contributed by atoms with van der Waals surface area (Å²) in [5, 5.41) is 3.32. The predicted octanol–water partition coefficient (Wildman–Crippen LogP) is 2.72. The first-order valence-electron chi connectivity index (χ1n) is 7.31. The Morgan fingerprint density at radius 2 is 2.19 bits per heavy atom. The van der Waals surface area contributed by atoms with Gasteiger partial charge in [0.15, 0.2) is 5.96 Å². The average molecular weight is 407 g/mol. The van der Waals surface area contributed by atoms with Crippen LogP contribution in [0.4, 0.5) is 0 Å². The zero-order chi connectivity index (χ0) is 14.2. The molecule has 0 aromatic carbocycles. The molecule has 1 aromatic heterocycles. The molecule has 6 heteroatoms. The number of ether oxygens (including phenoxy) is 1. The summed E-state index contributed by atoms with van der Waals surface area (Å²) in [6.45, 7) is 3.52. The van der Waals surface area contributed by atoms with Crippen LogP contribution in [-0.4, -0.2) is 44.7 Å². The summed E-state index contributed by atoms with van der Waals surface area (Å²) in [4.78, 5) is 6.50. The number of hydrogen-bond donors (Lipinski definition) is 1. The third kappa shape index (κ3) is 6.25. The van der Waals surface area contributed by atoms with E-state index in [-0.39, 0.29) is 24.0 Å². The van der Waals surface area contributed by atoms with E-state index in [1.807, 2.05) is 19.2 Å². The molecule has 1 N–H and O–H groups in total. The van der Waals surface area contributed by atoms with Crippen LogP contribution >= 0.6 is 24.0 Å². The second kappa shape index (κ2) is 10.0. The fourth-order valence-electron chi connectivity index (χ4n) is 2.48. The number of furan rings is 1. The van der Waals surface area contributed by atoms with Gasteiger partial charge in [0.2, 0.25) is 0 Å². The van der Waals surface area contributed by atoms with Crippen LogP contribution in [0.2, 0.25) is 0 Å². The number of hydrogen-bond acceptors (Lipinski definition) is 3. The van der Waals surface area contributed by atoms with E-state index in [4.69, 9.17) is 9.15 Å². The van der Waals surface area contributed by atoms with Crippen molar-refractivity contribution < 1.29 is 9.15 Å². The normalized spacial score (nSPS) is 16.4. The summed E-state index contributed by atoms with van der Waals surface area (Å²) in [7, 11) is 3.90. The van der Waals surface area contributed by atoms with Crippen LogP contribution in [0.15, 0.2) is 27.8 Å². The van der Waals surface area contributed by atoms with Crippen molar-refractivity contribution in [3.8, 4) is 0 Å². The van der Waals surface area contributed by atoms with Crippen molar-refractivity contribution in [3.63, 3.8) is 0 Å². The second-order valence-electron chi connectivity index (χ2n) is 5.25. The Labute approximate surface area is 144 Å². The first kappa shape index (κ1) is 18.3. The maximum absolute atomic E-state index is 5.39. The fourth-order valence-corrected chi connectivity index (χ4v) is 2.48. The van der Waals surface area contributed by atoms with Gasteiger partial charge in [-0.25, -0.2) is 0 Å². The van der Waals surface area contributed by atoms with Gasteiger partial charge < -0.3 is 19.4 Å². The van der Waals surface area contributed by atoms with Crippen molar-refractivity contribution in [3.05, 3.63) is 24.2 Å². The Hall–Kier alpha value is -0.760. The quantitative estimate of drug-likeness (QED) is 0.463. The number of halogens is 1. The Balaban J connectivity index is 0.00000220. The minimum absolute atomic E-state index is 0. The standard InChI is InChI=1S/C15H25N3O2.HI/c1-16-15(17-12-14-4-3-9-20-14)18(2)8-5-13-6-10-19-11-7-13;/h3-4,9,13H,5-8,10-12H2,1-2H3,(H,16,17);1H. The van der Waals surface area contributed by atoms with E-state index >= 15 is 0 Å². The summed E-state index contributed by atoms with van der Waals surface area (Å²) in [6, 6.07) is 3.86. The van der Waals surface area contributed by atoms with Crippen LogP contribution in [-0.2, 0) is 11.3 Å². The van der Waals surface area contributed by atoms with E-state index in [2.05, 4.69) is 22.3 Å². The van der Waals surface area contributed by atoms with Crippen LogP contribution in [0.25, 0.3) is 0 Å². The molecule has 1 saturated heterocycles. The summed E-state index contributed by atoms with van der Waals surface area (Å²) in [5.74, 6) is 2.62. The maximum atomic E-state index is 5.39. The van der Waals surface area contributed by atoms with E-state index in [1.54, 1.807) is 6.26 Å². The number of aliphatic imine (C=N–C) groups is 1. The van der Waals surface area contributed by atoms with Crippen LogP contribution in [0.5, 0.6) is 0 Å². The third-order valence-electron chi connectivity index (χ3n) is 3.79. The molecule has 1 fully saturated rings. The first-order valence-corrected chi connectivity index (χ1v) is 7.31. The smallest absolute Gasteiger partial charge is 0.193 e. The number of guanidine groups is 1. The largest absolute Gasteiger partial charge is 0.467 e. The lowest BCUT2D eigenvalue weighted by Crippen LogP contribution is -2.39. The molecule has 2 heterocycles. The Kier molecular flexibility index (Phi) is 8.75. The number of rotatable bonds is 5. The van der Waals surface area contributed by atoms with E-state index in [9.17, 15) is 0 Å². The van der Waals surface area contributed by atoms with E-state index in [0.717, 1.165) is 37.4 Å². The minimum Gasteiger partial charge on any atom is -0.467 e. The van der Waals surface area contributed by atoms with Crippen molar-refractivity contribution in [2.45, 2.75) is 25.8 Å². The van der Waals surface area contributed by atoms with Crippen molar-refractivity contribution in [2.24, 2.45) is 10.9 Å². The molecule has 5 nitrogen and oxygen atoms in total. The van der Waals surface area contributed by atoms with Gasteiger partial charge in [-0.05, 0) is 37.3 Å². The zero-order valence-electron chi connectivity index (χ0n) is 12.9. The monoisotopic (exact) mass is 407 g/mol. The van der Waals surface area contributed by atoms with Gasteiger partial charge in [-0.2, -0.15) is 0 Å². The molecular formula is C15H26IN3O2.